The summed E-state index contributed by atoms with van der Waals surface area (Å²) in [5.74, 6) is -0.504. The molecule has 0 saturated carbocycles. The lowest BCUT2D eigenvalue weighted by Gasteiger charge is -2.12. The zero-order chi connectivity index (χ0) is 20.3. The minimum atomic E-state index is -0.566. The molecule has 7 nitrogen and oxygen atoms in total. The maximum Gasteiger partial charge on any atom is 0.294 e. The third-order valence-corrected chi connectivity index (χ3v) is 5.03. The fourth-order valence-corrected chi connectivity index (χ4v) is 3.45. The Labute approximate surface area is 169 Å². The van der Waals surface area contributed by atoms with Crippen LogP contribution in [0.1, 0.15) is 5.56 Å². The number of rotatable bonds is 5. The minimum Gasteiger partial charge on any atom is -0.506 e. The number of amides is 3. The Kier molecular flexibility index (Phi) is 5.91. The summed E-state index contributed by atoms with van der Waals surface area (Å²) in [6.07, 6.45) is 1.48. The maximum absolute atomic E-state index is 12.5. The summed E-state index contributed by atoms with van der Waals surface area (Å²) in [5, 5.41) is 11.7. The highest BCUT2D eigenvalue weighted by Crippen LogP contribution is 2.33. The first-order valence-corrected chi connectivity index (χ1v) is 9.24. The number of thioether (sulfide) groups is 1. The Hall–Kier alpha value is -2.97. The highest BCUT2D eigenvalue weighted by molar-refractivity contribution is 8.18. The standard InChI is InChI=1S/C19H15ClN2O5S/c1-27-13-5-3-12(4-6-13)21-17(24)10-22-18(25)16(28-19(22)26)9-11-2-7-15(23)14(20)8-11/h2-9,23H,10H2,1H3,(H,21,24)/b16-9+. The van der Waals surface area contributed by atoms with E-state index in [0.29, 0.717) is 17.0 Å². The number of imide groups is 1. The van der Waals surface area contributed by atoms with Crippen molar-refractivity contribution in [1.29, 1.82) is 0 Å². The van der Waals surface area contributed by atoms with Crippen molar-refractivity contribution >= 4 is 52.2 Å². The Bertz CT molecular complexity index is 975. The molecule has 0 aliphatic carbocycles. The summed E-state index contributed by atoms with van der Waals surface area (Å²) in [4.78, 5) is 37.9. The fraction of sp³-hybridized carbons (Fsp3) is 0.105. The van der Waals surface area contributed by atoms with Gasteiger partial charge in [0.25, 0.3) is 11.1 Å². The number of aromatic hydroxyl groups is 1. The van der Waals surface area contributed by atoms with E-state index in [4.69, 9.17) is 16.3 Å². The maximum atomic E-state index is 12.5. The first kappa shape index (κ1) is 19.8. The molecule has 144 valence electrons. The molecule has 2 aromatic carbocycles. The molecule has 1 saturated heterocycles. The minimum absolute atomic E-state index is 0.0814. The lowest BCUT2D eigenvalue weighted by molar-refractivity contribution is -0.127. The second kappa shape index (κ2) is 8.37. The van der Waals surface area contributed by atoms with Crippen LogP contribution in [0.2, 0.25) is 5.02 Å². The molecule has 0 unspecified atom stereocenters. The van der Waals surface area contributed by atoms with Crippen molar-refractivity contribution < 1.29 is 24.2 Å². The van der Waals surface area contributed by atoms with Crippen LogP contribution in [0.5, 0.6) is 11.5 Å². The summed E-state index contributed by atoms with van der Waals surface area (Å²) in [5.41, 5.74) is 1.07. The van der Waals surface area contributed by atoms with Gasteiger partial charge in [-0.1, -0.05) is 17.7 Å². The molecule has 0 bridgehead atoms. The summed E-state index contributed by atoms with van der Waals surface area (Å²) in [6.45, 7) is -0.398. The van der Waals surface area contributed by atoms with E-state index in [9.17, 15) is 19.5 Å². The number of carbonyl (C=O) groups excluding carboxylic acids is 3. The third kappa shape index (κ3) is 4.47. The Balaban J connectivity index is 1.68. The normalized spacial score (nSPS) is 15.2. The number of nitrogens with one attached hydrogen (secondary N) is 1. The van der Waals surface area contributed by atoms with E-state index in [2.05, 4.69) is 5.32 Å². The van der Waals surface area contributed by atoms with Crippen molar-refractivity contribution in [1.82, 2.24) is 4.90 Å². The van der Waals surface area contributed by atoms with Gasteiger partial charge in [-0.25, -0.2) is 0 Å². The molecule has 0 spiro atoms. The molecule has 2 N–H and O–H groups in total. The number of phenolic OH excluding ortho intramolecular Hbond substituents is 1. The van der Waals surface area contributed by atoms with Crippen LogP contribution in [-0.4, -0.2) is 40.7 Å². The number of halogens is 1. The molecule has 3 rings (SSSR count). The Morgan fingerprint density at radius 1 is 1.25 bits per heavy atom. The molecule has 28 heavy (non-hydrogen) atoms. The molecule has 0 aromatic heterocycles. The smallest absolute Gasteiger partial charge is 0.294 e. The van der Waals surface area contributed by atoms with Gasteiger partial charge in [0.2, 0.25) is 5.91 Å². The molecule has 1 aliphatic heterocycles. The van der Waals surface area contributed by atoms with Crippen LogP contribution in [0.3, 0.4) is 0 Å². The second-order valence-electron chi connectivity index (χ2n) is 5.76. The number of anilines is 1. The monoisotopic (exact) mass is 418 g/mol. The van der Waals surface area contributed by atoms with Crippen molar-refractivity contribution in [3.63, 3.8) is 0 Å². The molecule has 0 radical (unpaired) electrons. The molecule has 1 fully saturated rings. The summed E-state index contributed by atoms with van der Waals surface area (Å²) in [7, 11) is 1.53. The molecule has 1 heterocycles. The van der Waals surface area contributed by atoms with Crippen molar-refractivity contribution in [3.8, 4) is 11.5 Å². The largest absolute Gasteiger partial charge is 0.506 e. The highest BCUT2D eigenvalue weighted by atomic mass is 35.5. The molecule has 3 amide bonds. The van der Waals surface area contributed by atoms with Crippen LogP contribution >= 0.6 is 23.4 Å². The van der Waals surface area contributed by atoms with E-state index >= 15 is 0 Å². The number of hydrogen-bond acceptors (Lipinski definition) is 6. The van der Waals surface area contributed by atoms with Gasteiger partial charge in [0, 0.05) is 5.69 Å². The van der Waals surface area contributed by atoms with Gasteiger partial charge in [-0.15, -0.1) is 0 Å². The molecule has 1 aliphatic rings. The predicted molar refractivity (Wildman–Crippen MR) is 107 cm³/mol. The van der Waals surface area contributed by atoms with E-state index in [1.54, 1.807) is 30.3 Å². The number of ether oxygens (including phenoxy) is 1. The summed E-state index contributed by atoms with van der Waals surface area (Å²) < 4.78 is 5.04. The topological polar surface area (TPSA) is 95.9 Å². The molecular formula is C19H15ClN2O5S. The number of carbonyl (C=O) groups is 3. The van der Waals surface area contributed by atoms with Gasteiger partial charge in [0.15, 0.2) is 0 Å². The summed E-state index contributed by atoms with van der Waals surface area (Å²) >= 11 is 6.59. The van der Waals surface area contributed by atoms with Crippen LogP contribution in [0.15, 0.2) is 47.4 Å². The zero-order valence-electron chi connectivity index (χ0n) is 14.6. The van der Waals surface area contributed by atoms with Crippen LogP contribution in [0, 0.1) is 0 Å². The van der Waals surface area contributed by atoms with Gasteiger partial charge in [0.05, 0.1) is 17.0 Å². The third-order valence-electron chi connectivity index (χ3n) is 3.82. The van der Waals surface area contributed by atoms with Gasteiger partial charge in [-0.05, 0) is 59.8 Å². The van der Waals surface area contributed by atoms with Crippen molar-refractivity contribution in [2.75, 3.05) is 19.0 Å². The lowest BCUT2D eigenvalue weighted by Crippen LogP contribution is -2.36. The zero-order valence-corrected chi connectivity index (χ0v) is 16.2. The molecular weight excluding hydrogens is 404 g/mol. The Morgan fingerprint density at radius 3 is 2.61 bits per heavy atom. The molecule has 9 heteroatoms. The first-order chi connectivity index (χ1) is 13.4. The summed E-state index contributed by atoms with van der Waals surface area (Å²) in [6, 6.07) is 11.1. The van der Waals surface area contributed by atoms with Gasteiger partial charge >= 0.3 is 0 Å². The number of benzene rings is 2. The fourth-order valence-electron chi connectivity index (χ4n) is 2.42. The van der Waals surface area contributed by atoms with Crippen molar-refractivity contribution in [3.05, 3.63) is 58.0 Å². The lowest BCUT2D eigenvalue weighted by atomic mass is 10.2. The van der Waals surface area contributed by atoms with Crippen LogP contribution in [-0.2, 0) is 9.59 Å². The molecule has 2 aromatic rings. The van der Waals surface area contributed by atoms with Crippen molar-refractivity contribution in [2.24, 2.45) is 0 Å². The Morgan fingerprint density at radius 2 is 1.96 bits per heavy atom. The number of nitrogens with zero attached hydrogens (tertiary/aromatic N) is 1. The number of phenols is 1. The van der Waals surface area contributed by atoms with Gasteiger partial charge < -0.3 is 15.2 Å². The van der Waals surface area contributed by atoms with E-state index in [1.807, 2.05) is 0 Å². The van der Waals surface area contributed by atoms with Crippen LogP contribution < -0.4 is 10.1 Å². The first-order valence-electron chi connectivity index (χ1n) is 8.05. The highest BCUT2D eigenvalue weighted by Gasteiger charge is 2.36. The van der Waals surface area contributed by atoms with E-state index < -0.39 is 23.6 Å². The number of hydrogen-bond donors (Lipinski definition) is 2. The van der Waals surface area contributed by atoms with Gasteiger partial charge in [0.1, 0.15) is 18.0 Å². The predicted octanol–water partition coefficient (Wildman–Crippen LogP) is 3.73. The average molecular weight is 419 g/mol. The van der Waals surface area contributed by atoms with Crippen molar-refractivity contribution in [2.45, 2.75) is 0 Å². The van der Waals surface area contributed by atoms with E-state index in [-0.39, 0.29) is 15.7 Å². The van der Waals surface area contributed by atoms with Gasteiger partial charge in [-0.2, -0.15) is 0 Å². The SMILES string of the molecule is COc1ccc(NC(=O)CN2C(=O)S/C(=C/c3ccc(O)c(Cl)c3)C2=O)cc1. The van der Waals surface area contributed by atoms with E-state index in [0.717, 1.165) is 16.7 Å². The quantitative estimate of drug-likeness (QED) is 0.718. The number of methoxy groups -OCH3 is 1. The van der Waals surface area contributed by atoms with Gasteiger partial charge in [-0.3, -0.25) is 19.3 Å². The van der Waals surface area contributed by atoms with Crippen LogP contribution in [0.4, 0.5) is 10.5 Å². The van der Waals surface area contributed by atoms with Crippen LogP contribution in [0.25, 0.3) is 6.08 Å². The molecule has 0 atom stereocenters. The van der Waals surface area contributed by atoms with E-state index in [1.165, 1.54) is 25.3 Å². The average Bonchev–Trinajstić information content (AvgIpc) is 2.92. The second-order valence-corrected chi connectivity index (χ2v) is 7.16.